The highest BCUT2D eigenvalue weighted by molar-refractivity contribution is 5.77. The van der Waals surface area contributed by atoms with Crippen LogP contribution in [0.4, 0.5) is 0 Å². The van der Waals surface area contributed by atoms with Crippen LogP contribution in [0.15, 0.2) is 60.7 Å². The van der Waals surface area contributed by atoms with Gasteiger partial charge in [-0.2, -0.15) is 0 Å². The van der Waals surface area contributed by atoms with Crippen molar-refractivity contribution >= 4 is 5.97 Å². The molecule has 144 valence electrons. The van der Waals surface area contributed by atoms with E-state index < -0.39 is 5.97 Å². The van der Waals surface area contributed by atoms with Crippen molar-refractivity contribution in [2.75, 3.05) is 0 Å². The van der Waals surface area contributed by atoms with Gasteiger partial charge >= 0.3 is 5.97 Å². The van der Waals surface area contributed by atoms with Gasteiger partial charge < -0.3 is 10.2 Å². The Morgan fingerprint density at radius 1 is 0.929 bits per heavy atom. The predicted octanol–water partition coefficient (Wildman–Crippen LogP) is 6.18. The minimum absolute atomic E-state index is 0.0921. The van der Waals surface area contributed by atoms with E-state index >= 15 is 0 Å². The van der Waals surface area contributed by atoms with Gasteiger partial charge in [0.2, 0.25) is 0 Å². The van der Waals surface area contributed by atoms with E-state index in [1.165, 1.54) is 5.56 Å². The van der Waals surface area contributed by atoms with E-state index in [0.717, 1.165) is 33.4 Å². The van der Waals surface area contributed by atoms with Crippen LogP contribution in [0.25, 0.3) is 22.3 Å². The molecule has 0 aromatic heterocycles. The SMILES string of the molecule is Cc1cccc(-c2ccc(-c3ccc(O)cc3C(C)C)cc2CCC(=O)O)c1. The fourth-order valence-electron chi connectivity index (χ4n) is 3.59. The van der Waals surface area contributed by atoms with Gasteiger partial charge in [0.25, 0.3) is 0 Å². The van der Waals surface area contributed by atoms with Crippen LogP contribution in [0.5, 0.6) is 5.75 Å². The molecule has 0 bridgehead atoms. The van der Waals surface area contributed by atoms with Crippen LogP contribution in [0.1, 0.15) is 42.9 Å². The van der Waals surface area contributed by atoms with Gasteiger partial charge in [0.05, 0.1) is 0 Å². The van der Waals surface area contributed by atoms with E-state index in [0.29, 0.717) is 6.42 Å². The average molecular weight is 374 g/mol. The van der Waals surface area contributed by atoms with E-state index in [9.17, 15) is 15.0 Å². The Morgan fingerprint density at radius 3 is 2.32 bits per heavy atom. The molecule has 0 atom stereocenters. The summed E-state index contributed by atoms with van der Waals surface area (Å²) in [6, 6.07) is 20.0. The summed E-state index contributed by atoms with van der Waals surface area (Å²) >= 11 is 0. The largest absolute Gasteiger partial charge is 0.508 e. The molecule has 0 radical (unpaired) electrons. The number of carboxylic acid groups (broad SMARTS) is 1. The molecule has 0 amide bonds. The summed E-state index contributed by atoms with van der Waals surface area (Å²) in [6.45, 7) is 6.26. The smallest absolute Gasteiger partial charge is 0.303 e. The molecule has 0 saturated heterocycles. The Hall–Kier alpha value is -3.07. The Labute approximate surface area is 166 Å². The quantitative estimate of drug-likeness (QED) is 0.542. The third-order valence-electron chi connectivity index (χ3n) is 5.01. The number of benzene rings is 3. The molecule has 0 fully saturated rings. The van der Waals surface area contributed by atoms with Crippen LogP contribution >= 0.6 is 0 Å². The third kappa shape index (κ3) is 4.42. The van der Waals surface area contributed by atoms with Crippen LogP contribution < -0.4 is 0 Å². The standard InChI is InChI=1S/C25H26O3/c1-16(2)24-15-21(26)9-11-23(24)20-7-10-22(18-6-4-5-17(3)13-18)19(14-20)8-12-25(27)28/h4-7,9-11,13-16,26H,8,12H2,1-3H3,(H,27,28). The molecule has 0 unspecified atom stereocenters. The van der Waals surface area contributed by atoms with E-state index in [4.69, 9.17) is 0 Å². The molecule has 3 nitrogen and oxygen atoms in total. The fourth-order valence-corrected chi connectivity index (χ4v) is 3.59. The number of hydrogen-bond acceptors (Lipinski definition) is 2. The monoisotopic (exact) mass is 374 g/mol. The van der Waals surface area contributed by atoms with Crippen molar-refractivity contribution in [2.45, 2.75) is 39.5 Å². The number of carboxylic acids is 1. The van der Waals surface area contributed by atoms with Gasteiger partial charge in [-0.3, -0.25) is 4.79 Å². The second-order valence-corrected chi connectivity index (χ2v) is 7.56. The summed E-state index contributed by atoms with van der Waals surface area (Å²) in [5, 5.41) is 19.1. The Kier molecular flexibility index (Phi) is 5.84. The summed E-state index contributed by atoms with van der Waals surface area (Å²) in [7, 11) is 0. The lowest BCUT2D eigenvalue weighted by Gasteiger charge is -2.17. The topological polar surface area (TPSA) is 57.5 Å². The van der Waals surface area contributed by atoms with Crippen molar-refractivity contribution < 1.29 is 15.0 Å². The molecule has 0 heterocycles. The van der Waals surface area contributed by atoms with E-state index in [-0.39, 0.29) is 18.1 Å². The van der Waals surface area contributed by atoms with Crippen LogP contribution in [0, 0.1) is 6.92 Å². The van der Waals surface area contributed by atoms with Gasteiger partial charge in [-0.1, -0.05) is 67.9 Å². The molecular formula is C25H26O3. The van der Waals surface area contributed by atoms with Crippen LogP contribution in [-0.4, -0.2) is 16.2 Å². The number of aliphatic carboxylic acids is 1. The summed E-state index contributed by atoms with van der Waals surface area (Å²) < 4.78 is 0. The number of carbonyl (C=O) groups is 1. The highest BCUT2D eigenvalue weighted by atomic mass is 16.4. The molecule has 0 saturated carbocycles. The lowest BCUT2D eigenvalue weighted by Crippen LogP contribution is -2.00. The van der Waals surface area contributed by atoms with Crippen molar-refractivity contribution in [1.29, 1.82) is 0 Å². The molecule has 0 aliphatic rings. The predicted molar refractivity (Wildman–Crippen MR) is 114 cm³/mol. The summed E-state index contributed by atoms with van der Waals surface area (Å²) in [6.07, 6.45) is 0.566. The highest BCUT2D eigenvalue weighted by Gasteiger charge is 2.14. The van der Waals surface area contributed by atoms with Gasteiger partial charge in [-0.05, 0) is 64.8 Å². The first kappa shape index (κ1) is 19.7. The number of hydrogen-bond donors (Lipinski definition) is 2. The zero-order chi connectivity index (χ0) is 20.3. The van der Waals surface area contributed by atoms with Crippen molar-refractivity contribution in [2.24, 2.45) is 0 Å². The molecule has 3 rings (SSSR count). The van der Waals surface area contributed by atoms with Crippen molar-refractivity contribution in [3.8, 4) is 28.0 Å². The highest BCUT2D eigenvalue weighted by Crippen LogP contribution is 2.35. The molecule has 0 aliphatic heterocycles. The van der Waals surface area contributed by atoms with E-state index in [1.807, 2.05) is 18.2 Å². The van der Waals surface area contributed by atoms with Crippen molar-refractivity contribution in [3.05, 3.63) is 77.4 Å². The maximum atomic E-state index is 11.2. The van der Waals surface area contributed by atoms with Crippen LogP contribution in [0.2, 0.25) is 0 Å². The first-order valence-electron chi connectivity index (χ1n) is 9.60. The Bertz CT molecular complexity index is 1000. The van der Waals surface area contributed by atoms with Crippen LogP contribution in [0.3, 0.4) is 0 Å². The molecular weight excluding hydrogens is 348 g/mol. The molecule has 0 aliphatic carbocycles. The lowest BCUT2D eigenvalue weighted by atomic mass is 9.88. The maximum absolute atomic E-state index is 11.2. The first-order chi connectivity index (χ1) is 13.3. The number of aromatic hydroxyl groups is 1. The summed E-state index contributed by atoms with van der Waals surface area (Å²) in [4.78, 5) is 11.2. The van der Waals surface area contributed by atoms with E-state index in [2.05, 4.69) is 57.2 Å². The third-order valence-corrected chi connectivity index (χ3v) is 5.01. The van der Waals surface area contributed by atoms with Gasteiger partial charge in [0.15, 0.2) is 0 Å². The van der Waals surface area contributed by atoms with Crippen LogP contribution in [-0.2, 0) is 11.2 Å². The first-order valence-corrected chi connectivity index (χ1v) is 9.60. The summed E-state index contributed by atoms with van der Waals surface area (Å²) in [5.74, 6) is -0.274. The number of phenols is 1. The molecule has 3 aromatic rings. The lowest BCUT2D eigenvalue weighted by molar-refractivity contribution is -0.136. The average Bonchev–Trinajstić information content (AvgIpc) is 2.66. The van der Waals surface area contributed by atoms with Crippen molar-refractivity contribution in [3.63, 3.8) is 0 Å². The summed E-state index contributed by atoms with van der Waals surface area (Å²) in [5.41, 5.74) is 7.55. The molecule has 2 N–H and O–H groups in total. The number of aryl methyl sites for hydroxylation is 2. The fraction of sp³-hybridized carbons (Fsp3) is 0.240. The number of phenolic OH excluding ortho intramolecular Hbond substituents is 1. The molecule has 3 heteroatoms. The van der Waals surface area contributed by atoms with Crippen molar-refractivity contribution in [1.82, 2.24) is 0 Å². The Balaban J connectivity index is 2.13. The minimum Gasteiger partial charge on any atom is -0.508 e. The van der Waals surface area contributed by atoms with Gasteiger partial charge in [0, 0.05) is 6.42 Å². The Morgan fingerprint density at radius 2 is 1.64 bits per heavy atom. The second kappa shape index (κ2) is 8.30. The maximum Gasteiger partial charge on any atom is 0.303 e. The second-order valence-electron chi connectivity index (χ2n) is 7.56. The van der Waals surface area contributed by atoms with Gasteiger partial charge in [-0.15, -0.1) is 0 Å². The minimum atomic E-state index is -0.798. The molecule has 0 spiro atoms. The van der Waals surface area contributed by atoms with Gasteiger partial charge in [0.1, 0.15) is 5.75 Å². The molecule has 28 heavy (non-hydrogen) atoms. The van der Waals surface area contributed by atoms with E-state index in [1.54, 1.807) is 6.07 Å². The number of rotatable bonds is 6. The molecule has 3 aromatic carbocycles. The normalized spacial score (nSPS) is 11.0. The zero-order valence-corrected chi connectivity index (χ0v) is 16.6. The zero-order valence-electron chi connectivity index (χ0n) is 16.6. The van der Waals surface area contributed by atoms with Gasteiger partial charge in [-0.25, -0.2) is 0 Å².